The van der Waals surface area contributed by atoms with Crippen molar-refractivity contribution in [2.75, 3.05) is 12.4 Å². The van der Waals surface area contributed by atoms with Crippen molar-refractivity contribution in [3.63, 3.8) is 0 Å². The highest BCUT2D eigenvalue weighted by Crippen LogP contribution is 2.16. The molecule has 0 aliphatic rings. The highest BCUT2D eigenvalue weighted by Gasteiger charge is 2.27. The smallest absolute Gasteiger partial charge is 0.249 e. The Morgan fingerprint density at radius 3 is 2.27 bits per heavy atom. The number of amides is 1. The van der Waals surface area contributed by atoms with E-state index >= 15 is 0 Å². The summed E-state index contributed by atoms with van der Waals surface area (Å²) in [4.78, 5) is 24.4. The first-order chi connectivity index (χ1) is 10.7. The summed E-state index contributed by atoms with van der Waals surface area (Å²) >= 11 is 0. The molecule has 5 heteroatoms. The van der Waals surface area contributed by atoms with E-state index in [9.17, 15) is 9.59 Å². The summed E-state index contributed by atoms with van der Waals surface area (Å²) in [7, 11) is 1.52. The summed E-state index contributed by atoms with van der Waals surface area (Å²) in [5, 5.41) is 11.7. The van der Waals surface area contributed by atoms with Crippen LogP contribution in [0.4, 0.5) is 5.69 Å². The Bertz CT molecular complexity index is 703. The number of nitrogens with zero attached hydrogens (tertiary/aromatic N) is 1. The van der Waals surface area contributed by atoms with Gasteiger partial charge in [-0.15, -0.1) is 0 Å². The summed E-state index contributed by atoms with van der Waals surface area (Å²) in [5.74, 6) is -1.99. The van der Waals surface area contributed by atoms with Crippen LogP contribution in [0.3, 0.4) is 0 Å². The molecular weight excluding hydrogens is 280 g/mol. The standard InChI is InChI=1S/C17H14N2O3/c1-22-14-9-7-12(8-10-14)16(20)15(11-18)17(21)19-13-5-3-2-4-6-13/h2-10,15H,1H3,(H,19,21). The summed E-state index contributed by atoms with van der Waals surface area (Å²) in [5.41, 5.74) is 0.825. The third-order valence-corrected chi connectivity index (χ3v) is 3.07. The maximum Gasteiger partial charge on any atom is 0.249 e. The largest absolute Gasteiger partial charge is 0.497 e. The van der Waals surface area contributed by atoms with Gasteiger partial charge in [-0.2, -0.15) is 5.26 Å². The van der Waals surface area contributed by atoms with Gasteiger partial charge in [-0.1, -0.05) is 18.2 Å². The normalized spacial score (nSPS) is 11.1. The zero-order chi connectivity index (χ0) is 15.9. The summed E-state index contributed by atoms with van der Waals surface area (Å²) in [6.07, 6.45) is 0. The molecular formula is C17H14N2O3. The molecule has 1 atom stereocenters. The van der Waals surface area contributed by atoms with Crippen molar-refractivity contribution in [2.24, 2.45) is 5.92 Å². The van der Waals surface area contributed by atoms with Crippen LogP contribution < -0.4 is 10.1 Å². The highest BCUT2D eigenvalue weighted by atomic mass is 16.5. The number of nitriles is 1. The number of carbonyl (C=O) groups is 2. The number of methoxy groups -OCH3 is 1. The number of rotatable bonds is 5. The van der Waals surface area contributed by atoms with Gasteiger partial charge in [-0.3, -0.25) is 9.59 Å². The molecule has 0 saturated carbocycles. The van der Waals surface area contributed by atoms with Gasteiger partial charge in [0.05, 0.1) is 13.2 Å². The molecule has 2 aromatic rings. The molecule has 0 radical (unpaired) electrons. The molecule has 2 aromatic carbocycles. The maximum absolute atomic E-state index is 12.3. The minimum Gasteiger partial charge on any atom is -0.497 e. The van der Waals surface area contributed by atoms with E-state index in [2.05, 4.69) is 5.32 Å². The van der Waals surface area contributed by atoms with Crippen molar-refractivity contribution in [1.82, 2.24) is 0 Å². The summed E-state index contributed by atoms with van der Waals surface area (Å²) in [6.45, 7) is 0. The number of carbonyl (C=O) groups excluding carboxylic acids is 2. The number of nitrogens with one attached hydrogen (secondary N) is 1. The number of Topliss-reactive ketones (excluding diaryl/α,β-unsaturated/α-hetero) is 1. The molecule has 1 unspecified atom stereocenters. The molecule has 0 saturated heterocycles. The van der Waals surface area contributed by atoms with Gasteiger partial charge in [0.25, 0.3) is 0 Å². The molecule has 22 heavy (non-hydrogen) atoms. The first kappa shape index (κ1) is 15.3. The molecule has 0 bridgehead atoms. The summed E-state index contributed by atoms with van der Waals surface area (Å²) < 4.78 is 5.01. The van der Waals surface area contributed by atoms with Gasteiger partial charge >= 0.3 is 0 Å². The number of anilines is 1. The number of benzene rings is 2. The highest BCUT2D eigenvalue weighted by molar-refractivity contribution is 6.15. The molecule has 1 N–H and O–H groups in total. The van der Waals surface area contributed by atoms with E-state index in [4.69, 9.17) is 10.00 Å². The predicted molar refractivity (Wildman–Crippen MR) is 81.5 cm³/mol. The average Bonchev–Trinajstić information content (AvgIpc) is 2.56. The van der Waals surface area contributed by atoms with Crippen LogP contribution in [-0.2, 0) is 4.79 Å². The van der Waals surface area contributed by atoms with Crippen LogP contribution in [0.25, 0.3) is 0 Å². The van der Waals surface area contributed by atoms with Crippen LogP contribution in [0.1, 0.15) is 10.4 Å². The van der Waals surface area contributed by atoms with Gasteiger partial charge in [-0.25, -0.2) is 0 Å². The lowest BCUT2D eigenvalue weighted by molar-refractivity contribution is -0.117. The maximum atomic E-state index is 12.3. The van der Waals surface area contributed by atoms with E-state index < -0.39 is 17.6 Å². The van der Waals surface area contributed by atoms with Gasteiger partial charge in [-0.05, 0) is 36.4 Å². The van der Waals surface area contributed by atoms with Crippen LogP contribution in [0.5, 0.6) is 5.75 Å². The first-order valence-corrected chi connectivity index (χ1v) is 6.59. The lowest BCUT2D eigenvalue weighted by atomic mass is 9.98. The minimum absolute atomic E-state index is 0.288. The lowest BCUT2D eigenvalue weighted by Gasteiger charge is -2.10. The topological polar surface area (TPSA) is 79.2 Å². The average molecular weight is 294 g/mol. The number of hydrogen-bond donors (Lipinski definition) is 1. The van der Waals surface area contributed by atoms with E-state index in [1.54, 1.807) is 48.5 Å². The van der Waals surface area contributed by atoms with Gasteiger partial charge < -0.3 is 10.1 Å². The van der Waals surface area contributed by atoms with Crippen LogP contribution in [-0.4, -0.2) is 18.8 Å². The zero-order valence-electron chi connectivity index (χ0n) is 11.9. The second-order valence-corrected chi connectivity index (χ2v) is 4.51. The SMILES string of the molecule is COc1ccc(C(=O)C(C#N)C(=O)Nc2ccccc2)cc1. The molecule has 2 rings (SSSR count). The Kier molecular flexibility index (Phi) is 4.89. The van der Waals surface area contributed by atoms with Crippen LogP contribution in [0.15, 0.2) is 54.6 Å². The van der Waals surface area contributed by atoms with Gasteiger partial charge in [0, 0.05) is 11.3 Å². The Morgan fingerprint density at radius 2 is 1.73 bits per heavy atom. The number of ketones is 1. The molecule has 0 aromatic heterocycles. The van der Waals surface area contributed by atoms with Crippen LogP contribution in [0, 0.1) is 17.2 Å². The Labute approximate surface area is 128 Å². The fraction of sp³-hybridized carbons (Fsp3) is 0.118. The van der Waals surface area contributed by atoms with E-state index in [-0.39, 0.29) is 5.56 Å². The summed E-state index contributed by atoms with van der Waals surface area (Å²) in [6, 6.07) is 16.7. The molecule has 0 fully saturated rings. The monoisotopic (exact) mass is 294 g/mol. The van der Waals surface area contributed by atoms with Crippen molar-refractivity contribution in [3.8, 4) is 11.8 Å². The van der Waals surface area contributed by atoms with E-state index in [1.165, 1.54) is 19.2 Å². The fourth-order valence-corrected chi connectivity index (χ4v) is 1.89. The van der Waals surface area contributed by atoms with Crippen LogP contribution in [0.2, 0.25) is 0 Å². The second-order valence-electron chi connectivity index (χ2n) is 4.51. The molecule has 1 amide bonds. The second kappa shape index (κ2) is 7.04. The van der Waals surface area contributed by atoms with Crippen molar-refractivity contribution in [3.05, 3.63) is 60.2 Å². The van der Waals surface area contributed by atoms with E-state index in [0.717, 1.165) is 0 Å². The van der Waals surface area contributed by atoms with Crippen molar-refractivity contribution in [1.29, 1.82) is 5.26 Å². The predicted octanol–water partition coefficient (Wildman–Crippen LogP) is 2.66. The van der Waals surface area contributed by atoms with Crippen molar-refractivity contribution < 1.29 is 14.3 Å². The number of hydrogen-bond acceptors (Lipinski definition) is 4. The Balaban J connectivity index is 2.14. The van der Waals surface area contributed by atoms with Crippen LogP contribution >= 0.6 is 0 Å². The minimum atomic E-state index is -1.39. The molecule has 0 spiro atoms. The number of para-hydroxylation sites is 1. The van der Waals surface area contributed by atoms with E-state index in [1.807, 2.05) is 0 Å². The number of ether oxygens (including phenoxy) is 1. The third kappa shape index (κ3) is 3.49. The molecule has 110 valence electrons. The van der Waals surface area contributed by atoms with Gasteiger partial charge in [0.2, 0.25) is 5.91 Å². The zero-order valence-corrected chi connectivity index (χ0v) is 11.9. The van der Waals surface area contributed by atoms with Crippen molar-refractivity contribution >= 4 is 17.4 Å². The molecule has 5 nitrogen and oxygen atoms in total. The van der Waals surface area contributed by atoms with Gasteiger partial charge in [0.15, 0.2) is 11.7 Å². The Morgan fingerprint density at radius 1 is 1.09 bits per heavy atom. The third-order valence-electron chi connectivity index (χ3n) is 3.07. The molecule has 0 aliphatic carbocycles. The van der Waals surface area contributed by atoms with Gasteiger partial charge in [0.1, 0.15) is 5.75 Å². The van der Waals surface area contributed by atoms with Crippen molar-refractivity contribution in [2.45, 2.75) is 0 Å². The molecule has 0 aliphatic heterocycles. The Hall–Kier alpha value is -3.13. The lowest BCUT2D eigenvalue weighted by Crippen LogP contribution is -2.28. The molecule has 0 heterocycles. The first-order valence-electron chi connectivity index (χ1n) is 6.59. The quantitative estimate of drug-likeness (QED) is 0.679. The van der Waals surface area contributed by atoms with E-state index in [0.29, 0.717) is 11.4 Å². The fourth-order valence-electron chi connectivity index (χ4n) is 1.89.